The number of fused-ring (bicyclic) bond motifs is 1. The molecule has 2 aromatic carbocycles. The van der Waals surface area contributed by atoms with Gasteiger partial charge in [0.15, 0.2) is 11.2 Å². The molecule has 1 aliphatic rings. The van der Waals surface area contributed by atoms with E-state index < -0.39 is 12.0 Å². The molecule has 6 heteroatoms. The first-order chi connectivity index (χ1) is 11.0. The molecule has 5 nitrogen and oxygen atoms in total. The summed E-state index contributed by atoms with van der Waals surface area (Å²) >= 11 is 5.51. The van der Waals surface area contributed by atoms with Crippen molar-refractivity contribution in [1.82, 2.24) is 0 Å². The molecule has 0 saturated heterocycles. The van der Waals surface area contributed by atoms with Gasteiger partial charge in [-0.05, 0) is 43.4 Å². The van der Waals surface area contributed by atoms with Gasteiger partial charge in [-0.15, -0.1) is 0 Å². The Morgan fingerprint density at radius 1 is 1.26 bits per heavy atom. The van der Waals surface area contributed by atoms with Gasteiger partial charge in [0.1, 0.15) is 5.75 Å². The van der Waals surface area contributed by atoms with Crippen LogP contribution in [0.4, 0.5) is 11.4 Å². The Kier molecular flexibility index (Phi) is 4.16. The summed E-state index contributed by atoms with van der Waals surface area (Å²) in [6, 6.07) is 15.4. The molecule has 0 aliphatic carbocycles. The summed E-state index contributed by atoms with van der Waals surface area (Å²) in [5, 5.41) is 3.69. The van der Waals surface area contributed by atoms with Crippen LogP contribution in [0.1, 0.15) is 5.56 Å². The number of amides is 1. The Bertz CT molecular complexity index is 746. The first-order valence-electron chi connectivity index (χ1n) is 7.25. The number of para-hydroxylation sites is 2. The average Bonchev–Trinajstić information content (AvgIpc) is 2.55. The van der Waals surface area contributed by atoms with Gasteiger partial charge in [0.05, 0.1) is 12.2 Å². The average molecular weight is 327 g/mol. The lowest BCUT2D eigenvalue weighted by Crippen LogP contribution is -2.50. The van der Waals surface area contributed by atoms with Crippen LogP contribution >= 0.6 is 12.2 Å². The summed E-state index contributed by atoms with van der Waals surface area (Å²) in [6.45, 7) is 2.31. The molecule has 0 radical (unpaired) electrons. The number of hydrogen-bond donors (Lipinski definition) is 2. The zero-order valence-electron chi connectivity index (χ0n) is 12.7. The number of nitrogens with two attached hydrogens (primary N) is 1. The Morgan fingerprint density at radius 2 is 1.96 bits per heavy atom. The van der Waals surface area contributed by atoms with E-state index in [-0.39, 0.29) is 6.54 Å². The first kappa shape index (κ1) is 15.3. The molecule has 3 N–H and O–H groups in total. The van der Waals surface area contributed by atoms with Gasteiger partial charge in [-0.25, -0.2) is 0 Å². The van der Waals surface area contributed by atoms with Crippen molar-refractivity contribution in [2.24, 2.45) is 5.73 Å². The molecule has 0 bridgehead atoms. The Morgan fingerprint density at radius 3 is 2.65 bits per heavy atom. The van der Waals surface area contributed by atoms with E-state index >= 15 is 0 Å². The zero-order valence-corrected chi connectivity index (χ0v) is 13.5. The van der Waals surface area contributed by atoms with E-state index in [4.69, 9.17) is 22.7 Å². The lowest BCUT2D eigenvalue weighted by atomic mass is 10.2. The van der Waals surface area contributed by atoms with Crippen molar-refractivity contribution in [3.8, 4) is 5.75 Å². The number of carbonyl (C=O) groups excluding carboxylic acids is 1. The number of nitrogens with zero attached hydrogens (tertiary/aromatic N) is 1. The van der Waals surface area contributed by atoms with Gasteiger partial charge >= 0.3 is 0 Å². The van der Waals surface area contributed by atoms with Crippen molar-refractivity contribution in [3.63, 3.8) is 0 Å². The van der Waals surface area contributed by atoms with Gasteiger partial charge in [-0.2, -0.15) is 0 Å². The number of aryl methyl sites for hydroxylation is 1. The fourth-order valence-electron chi connectivity index (χ4n) is 2.40. The van der Waals surface area contributed by atoms with Crippen LogP contribution in [0.3, 0.4) is 0 Å². The van der Waals surface area contributed by atoms with Crippen molar-refractivity contribution >= 4 is 34.6 Å². The summed E-state index contributed by atoms with van der Waals surface area (Å²) < 4.78 is 5.64. The van der Waals surface area contributed by atoms with Crippen LogP contribution in [0.15, 0.2) is 48.5 Å². The number of benzene rings is 2. The SMILES string of the molecule is Cc1ccc(NC(=S)N2CC(C(N)=O)Oc3ccccc32)cc1. The Hall–Kier alpha value is -2.60. The highest BCUT2D eigenvalue weighted by molar-refractivity contribution is 7.80. The fraction of sp³-hybridized carbons (Fsp3) is 0.176. The summed E-state index contributed by atoms with van der Waals surface area (Å²) in [5.41, 5.74) is 8.28. The van der Waals surface area contributed by atoms with Crippen molar-refractivity contribution < 1.29 is 9.53 Å². The summed E-state index contributed by atoms with van der Waals surface area (Å²) in [5.74, 6) is 0.0817. The lowest BCUT2D eigenvalue weighted by Gasteiger charge is -2.35. The van der Waals surface area contributed by atoms with Crippen LogP contribution < -0.4 is 20.7 Å². The van der Waals surface area contributed by atoms with Gasteiger partial charge in [0, 0.05) is 5.69 Å². The Balaban J connectivity index is 1.86. The number of primary amides is 1. The second-order valence-electron chi connectivity index (χ2n) is 5.38. The number of anilines is 2. The van der Waals surface area contributed by atoms with E-state index in [0.717, 1.165) is 11.4 Å². The molecule has 2 aromatic rings. The van der Waals surface area contributed by atoms with Gasteiger partial charge in [0.25, 0.3) is 5.91 Å². The molecule has 0 spiro atoms. The van der Waals surface area contributed by atoms with Crippen LogP contribution in [0.2, 0.25) is 0 Å². The number of hydrogen-bond acceptors (Lipinski definition) is 3. The third kappa shape index (κ3) is 3.27. The van der Waals surface area contributed by atoms with E-state index in [1.807, 2.05) is 54.3 Å². The van der Waals surface area contributed by atoms with Crippen LogP contribution in [-0.2, 0) is 4.79 Å². The van der Waals surface area contributed by atoms with Crippen LogP contribution in [0, 0.1) is 6.92 Å². The highest BCUT2D eigenvalue weighted by atomic mass is 32.1. The molecular formula is C17H17N3O2S. The fourth-order valence-corrected chi connectivity index (χ4v) is 2.69. The molecular weight excluding hydrogens is 310 g/mol. The standard InChI is InChI=1S/C17H17N3O2S/c1-11-6-8-12(9-7-11)19-17(23)20-10-15(16(18)21)22-14-5-3-2-4-13(14)20/h2-9,15H,10H2,1H3,(H2,18,21)(H,19,23). The summed E-state index contributed by atoms with van der Waals surface area (Å²) in [4.78, 5) is 13.4. The number of ether oxygens (including phenoxy) is 1. The lowest BCUT2D eigenvalue weighted by molar-refractivity contribution is -0.124. The minimum Gasteiger partial charge on any atom is -0.477 e. The smallest absolute Gasteiger partial charge is 0.260 e. The minimum absolute atomic E-state index is 0.282. The van der Waals surface area contributed by atoms with Crippen molar-refractivity contribution in [2.75, 3.05) is 16.8 Å². The van der Waals surface area contributed by atoms with Crippen molar-refractivity contribution in [3.05, 3.63) is 54.1 Å². The predicted molar refractivity (Wildman–Crippen MR) is 94.8 cm³/mol. The quantitative estimate of drug-likeness (QED) is 0.829. The van der Waals surface area contributed by atoms with Gasteiger partial charge in [-0.1, -0.05) is 29.8 Å². The molecule has 1 aliphatic heterocycles. The minimum atomic E-state index is -0.734. The highest BCUT2D eigenvalue weighted by Crippen LogP contribution is 2.33. The van der Waals surface area contributed by atoms with E-state index in [9.17, 15) is 4.79 Å². The maximum absolute atomic E-state index is 11.5. The van der Waals surface area contributed by atoms with E-state index in [2.05, 4.69) is 5.32 Å². The largest absolute Gasteiger partial charge is 0.477 e. The third-order valence-corrected chi connectivity index (χ3v) is 3.96. The van der Waals surface area contributed by atoms with Crippen molar-refractivity contribution in [1.29, 1.82) is 0 Å². The monoisotopic (exact) mass is 327 g/mol. The van der Waals surface area contributed by atoms with Crippen LogP contribution in [0.25, 0.3) is 0 Å². The third-order valence-electron chi connectivity index (χ3n) is 3.64. The second-order valence-corrected chi connectivity index (χ2v) is 5.77. The topological polar surface area (TPSA) is 67.6 Å². The van der Waals surface area contributed by atoms with Crippen molar-refractivity contribution in [2.45, 2.75) is 13.0 Å². The second kappa shape index (κ2) is 6.26. The maximum atomic E-state index is 11.5. The Labute approximate surface area is 140 Å². The van der Waals surface area contributed by atoms with Gasteiger partial charge in [-0.3, -0.25) is 4.79 Å². The number of rotatable bonds is 2. The molecule has 1 amide bonds. The zero-order chi connectivity index (χ0) is 16.4. The maximum Gasteiger partial charge on any atom is 0.260 e. The van der Waals surface area contributed by atoms with Crippen LogP contribution in [0.5, 0.6) is 5.75 Å². The normalized spacial score (nSPS) is 16.2. The van der Waals surface area contributed by atoms with E-state index in [1.54, 1.807) is 6.07 Å². The molecule has 1 unspecified atom stereocenters. The molecule has 118 valence electrons. The molecule has 3 rings (SSSR count). The number of carbonyl (C=O) groups is 1. The van der Waals surface area contributed by atoms with Gasteiger partial charge in [0.2, 0.25) is 0 Å². The van der Waals surface area contributed by atoms with E-state index in [1.165, 1.54) is 5.56 Å². The summed E-state index contributed by atoms with van der Waals surface area (Å²) in [7, 11) is 0. The predicted octanol–water partition coefficient (Wildman–Crippen LogP) is 2.44. The number of thiocarbonyl (C=S) groups is 1. The first-order valence-corrected chi connectivity index (χ1v) is 7.65. The molecule has 23 heavy (non-hydrogen) atoms. The number of nitrogens with one attached hydrogen (secondary N) is 1. The molecule has 1 atom stereocenters. The summed E-state index contributed by atoms with van der Waals surface area (Å²) in [6.07, 6.45) is -0.734. The van der Waals surface area contributed by atoms with Crippen LogP contribution in [-0.4, -0.2) is 23.7 Å². The highest BCUT2D eigenvalue weighted by Gasteiger charge is 2.31. The molecule has 0 saturated carbocycles. The molecule has 0 fully saturated rings. The molecule has 0 aromatic heterocycles. The van der Waals surface area contributed by atoms with Gasteiger partial charge < -0.3 is 20.7 Å². The molecule has 1 heterocycles. The van der Waals surface area contributed by atoms with E-state index in [0.29, 0.717) is 10.9 Å².